The quantitative estimate of drug-likeness (QED) is 0.496. The Morgan fingerprint density at radius 1 is 1.11 bits per heavy atom. The Balaban J connectivity index is 1.21. The van der Waals surface area contributed by atoms with Crippen LogP contribution in [0.1, 0.15) is 58.9 Å². The number of aromatic nitrogens is 2. The number of aromatic amines is 1. The number of piperidine rings is 1. The average Bonchev–Trinajstić information content (AvgIpc) is 3.32. The maximum absolute atomic E-state index is 13.1. The summed E-state index contributed by atoms with van der Waals surface area (Å²) >= 11 is 0. The number of benzene rings is 1. The molecule has 3 N–H and O–H groups in total. The molecule has 36 heavy (non-hydrogen) atoms. The molecule has 3 aromatic rings. The monoisotopic (exact) mass is 486 g/mol. The van der Waals surface area contributed by atoms with E-state index in [4.69, 9.17) is 4.98 Å². The summed E-state index contributed by atoms with van der Waals surface area (Å²) in [7, 11) is 0. The predicted molar refractivity (Wildman–Crippen MR) is 137 cm³/mol. The van der Waals surface area contributed by atoms with Crippen LogP contribution in [0.5, 0.6) is 0 Å². The fourth-order valence-corrected chi connectivity index (χ4v) is 4.99. The number of pyridine rings is 1. The molecule has 4 heterocycles. The molecule has 2 aromatic heterocycles. The van der Waals surface area contributed by atoms with Crippen molar-refractivity contribution < 1.29 is 14.4 Å². The van der Waals surface area contributed by atoms with Gasteiger partial charge in [-0.25, -0.2) is 5.43 Å². The van der Waals surface area contributed by atoms with Crippen molar-refractivity contribution in [3.63, 3.8) is 0 Å². The lowest BCUT2D eigenvalue weighted by molar-refractivity contribution is -0.125. The Morgan fingerprint density at radius 3 is 2.69 bits per heavy atom. The van der Waals surface area contributed by atoms with E-state index in [-0.39, 0.29) is 30.1 Å². The number of carbonyl (C=O) groups excluding carboxylic acids is 3. The van der Waals surface area contributed by atoms with Crippen LogP contribution in [-0.2, 0) is 16.0 Å². The lowest BCUT2D eigenvalue weighted by Gasteiger charge is -2.33. The van der Waals surface area contributed by atoms with Crippen molar-refractivity contribution in [2.75, 3.05) is 19.6 Å². The van der Waals surface area contributed by atoms with Crippen LogP contribution in [0.2, 0.25) is 0 Å². The molecule has 0 unspecified atom stereocenters. The molecule has 0 radical (unpaired) electrons. The molecule has 1 aromatic carbocycles. The van der Waals surface area contributed by atoms with Crippen LogP contribution >= 0.6 is 0 Å². The molecule has 1 fully saturated rings. The van der Waals surface area contributed by atoms with Crippen molar-refractivity contribution in [3.05, 3.63) is 65.1 Å². The van der Waals surface area contributed by atoms with Gasteiger partial charge in [0.25, 0.3) is 11.8 Å². The number of H-pyrrole nitrogens is 1. The number of rotatable bonds is 6. The number of carbonyl (C=O) groups is 3. The van der Waals surface area contributed by atoms with Gasteiger partial charge < -0.3 is 15.2 Å². The number of para-hydroxylation sites is 1. The Hall–Kier alpha value is -4.01. The molecule has 5 rings (SSSR count). The first kappa shape index (κ1) is 23.7. The number of amides is 3. The van der Waals surface area contributed by atoms with Crippen molar-refractivity contribution in [2.45, 2.75) is 44.9 Å². The van der Waals surface area contributed by atoms with Gasteiger partial charge in [0.2, 0.25) is 5.91 Å². The number of hydrazone groups is 1. The van der Waals surface area contributed by atoms with Crippen LogP contribution in [0.4, 0.5) is 0 Å². The van der Waals surface area contributed by atoms with E-state index in [1.807, 2.05) is 43.5 Å². The number of nitrogens with one attached hydrogen (secondary N) is 3. The molecule has 9 heteroatoms. The van der Waals surface area contributed by atoms with Crippen molar-refractivity contribution in [1.82, 2.24) is 25.6 Å². The van der Waals surface area contributed by atoms with E-state index in [1.54, 1.807) is 4.90 Å². The van der Waals surface area contributed by atoms with Gasteiger partial charge in [0.15, 0.2) is 0 Å². The molecule has 0 atom stereocenters. The molecule has 3 amide bonds. The maximum Gasteiger partial charge on any atom is 0.270 e. The molecule has 0 saturated carbocycles. The number of likely N-dealkylation sites (tertiary alicyclic amines) is 1. The van der Waals surface area contributed by atoms with Gasteiger partial charge >= 0.3 is 0 Å². The van der Waals surface area contributed by atoms with E-state index in [0.717, 1.165) is 36.2 Å². The molecule has 186 valence electrons. The van der Waals surface area contributed by atoms with E-state index < -0.39 is 0 Å². The minimum atomic E-state index is -0.164. The van der Waals surface area contributed by atoms with Crippen molar-refractivity contribution in [1.29, 1.82) is 0 Å². The first-order valence-electron chi connectivity index (χ1n) is 12.4. The highest BCUT2D eigenvalue weighted by atomic mass is 16.2. The summed E-state index contributed by atoms with van der Waals surface area (Å²) in [4.78, 5) is 47.1. The van der Waals surface area contributed by atoms with Crippen LogP contribution in [0.15, 0.2) is 47.7 Å². The minimum Gasteiger partial charge on any atom is -0.361 e. The Kier molecular flexibility index (Phi) is 6.79. The van der Waals surface area contributed by atoms with E-state index in [9.17, 15) is 14.4 Å². The van der Waals surface area contributed by atoms with E-state index in [1.165, 1.54) is 10.9 Å². The molecular formula is C27H30N6O3. The summed E-state index contributed by atoms with van der Waals surface area (Å²) in [5.41, 5.74) is 7.32. The number of aryl methyl sites for hydroxylation is 1. The van der Waals surface area contributed by atoms with Gasteiger partial charge in [-0.2, -0.15) is 5.10 Å². The van der Waals surface area contributed by atoms with Gasteiger partial charge in [-0.3, -0.25) is 19.4 Å². The van der Waals surface area contributed by atoms with Crippen LogP contribution in [-0.4, -0.2) is 57.9 Å². The standard InChI is InChI=1S/C27H30N6O3/c1-17-6-7-21(26(35)28-13-10-19-16-29-22-5-3-2-4-20(19)22)25(30-17)18-11-14-33(15-12-18)27(36)23-8-9-24(34)32-31-23/h2-7,16,18,29H,8-15H2,1H3,(H,28,35)(H,32,34). The van der Waals surface area contributed by atoms with Crippen LogP contribution in [0.3, 0.4) is 0 Å². The average molecular weight is 487 g/mol. The molecule has 0 aliphatic carbocycles. The Labute approximate surface area is 209 Å². The zero-order chi connectivity index (χ0) is 25.1. The third-order valence-corrected chi connectivity index (χ3v) is 6.98. The van der Waals surface area contributed by atoms with Crippen molar-refractivity contribution in [3.8, 4) is 0 Å². The fourth-order valence-electron chi connectivity index (χ4n) is 4.99. The SMILES string of the molecule is Cc1ccc(C(=O)NCCc2c[nH]c3ccccc23)c(C2CCN(C(=O)C3=NNC(=O)CC3)CC2)n1. The lowest BCUT2D eigenvalue weighted by atomic mass is 9.89. The summed E-state index contributed by atoms with van der Waals surface area (Å²) in [5.74, 6) is -0.316. The van der Waals surface area contributed by atoms with E-state index in [2.05, 4.69) is 26.9 Å². The largest absolute Gasteiger partial charge is 0.361 e. The van der Waals surface area contributed by atoms with Crippen LogP contribution in [0.25, 0.3) is 10.9 Å². The van der Waals surface area contributed by atoms with Crippen molar-refractivity contribution >= 4 is 34.3 Å². The summed E-state index contributed by atoms with van der Waals surface area (Å²) in [5, 5.41) is 8.17. The summed E-state index contributed by atoms with van der Waals surface area (Å²) in [6.45, 7) is 3.58. The summed E-state index contributed by atoms with van der Waals surface area (Å²) < 4.78 is 0. The Bertz CT molecular complexity index is 1340. The molecule has 1 saturated heterocycles. The highest BCUT2D eigenvalue weighted by Gasteiger charge is 2.30. The van der Waals surface area contributed by atoms with Gasteiger partial charge in [0.05, 0.1) is 11.3 Å². The van der Waals surface area contributed by atoms with Crippen LogP contribution in [0, 0.1) is 6.92 Å². The van der Waals surface area contributed by atoms with Gasteiger partial charge in [-0.1, -0.05) is 18.2 Å². The zero-order valence-electron chi connectivity index (χ0n) is 20.3. The number of nitrogens with zero attached hydrogens (tertiary/aromatic N) is 3. The van der Waals surface area contributed by atoms with Gasteiger partial charge in [0, 0.05) is 61.2 Å². The van der Waals surface area contributed by atoms with Crippen LogP contribution < -0.4 is 10.7 Å². The minimum absolute atomic E-state index is 0.0938. The second-order valence-electron chi connectivity index (χ2n) is 9.41. The lowest BCUT2D eigenvalue weighted by Crippen LogP contribution is -2.44. The first-order chi connectivity index (χ1) is 17.5. The van der Waals surface area contributed by atoms with Crippen molar-refractivity contribution in [2.24, 2.45) is 5.10 Å². The van der Waals surface area contributed by atoms with Gasteiger partial charge in [-0.05, 0) is 49.9 Å². The van der Waals surface area contributed by atoms with Gasteiger partial charge in [-0.15, -0.1) is 0 Å². The summed E-state index contributed by atoms with van der Waals surface area (Å²) in [6.07, 6.45) is 4.82. The third kappa shape index (κ3) is 5.00. The second-order valence-corrected chi connectivity index (χ2v) is 9.41. The molecule has 9 nitrogen and oxygen atoms in total. The fraction of sp³-hybridized carbons (Fsp3) is 0.370. The molecule has 2 aliphatic rings. The first-order valence-corrected chi connectivity index (χ1v) is 12.4. The highest BCUT2D eigenvalue weighted by Crippen LogP contribution is 2.30. The normalized spacial score (nSPS) is 16.5. The zero-order valence-corrected chi connectivity index (χ0v) is 20.3. The molecular weight excluding hydrogens is 456 g/mol. The molecule has 0 spiro atoms. The topological polar surface area (TPSA) is 120 Å². The number of fused-ring (bicyclic) bond motifs is 1. The molecule has 0 bridgehead atoms. The smallest absolute Gasteiger partial charge is 0.270 e. The third-order valence-electron chi connectivity index (χ3n) is 6.98. The maximum atomic E-state index is 13.1. The van der Waals surface area contributed by atoms with E-state index >= 15 is 0 Å². The van der Waals surface area contributed by atoms with E-state index in [0.29, 0.717) is 37.3 Å². The molecule has 2 aliphatic heterocycles. The predicted octanol–water partition coefficient (Wildman–Crippen LogP) is 2.82. The highest BCUT2D eigenvalue weighted by molar-refractivity contribution is 6.39. The van der Waals surface area contributed by atoms with Gasteiger partial charge in [0.1, 0.15) is 5.71 Å². The summed E-state index contributed by atoms with van der Waals surface area (Å²) in [6, 6.07) is 11.9. The number of hydrogen-bond donors (Lipinski definition) is 3. The second kappa shape index (κ2) is 10.3. The Morgan fingerprint density at radius 2 is 1.92 bits per heavy atom. The number of hydrogen-bond acceptors (Lipinski definition) is 5.